The fourth-order valence-electron chi connectivity index (χ4n) is 2.61. The van der Waals surface area contributed by atoms with E-state index in [1.807, 2.05) is 12.1 Å². The Kier molecular flexibility index (Phi) is 5.43. The van der Waals surface area contributed by atoms with Crippen LogP contribution < -0.4 is 10.1 Å². The van der Waals surface area contributed by atoms with Gasteiger partial charge >= 0.3 is 0 Å². The van der Waals surface area contributed by atoms with Crippen molar-refractivity contribution in [2.24, 2.45) is 0 Å². The number of methoxy groups -OCH3 is 1. The summed E-state index contributed by atoms with van der Waals surface area (Å²) in [6.45, 7) is 7.34. The standard InChI is InChI=1S/C18H22BrNO/c1-5-20-18(15-8-6-12(2)10-13(15)3)16-9-7-14(21-4)11-17(16)19/h6-11,18,20H,5H2,1-4H3. The van der Waals surface area contributed by atoms with Crippen molar-refractivity contribution in [1.29, 1.82) is 0 Å². The van der Waals surface area contributed by atoms with E-state index >= 15 is 0 Å². The Labute approximate surface area is 135 Å². The zero-order chi connectivity index (χ0) is 15.4. The Hall–Kier alpha value is -1.32. The van der Waals surface area contributed by atoms with E-state index in [1.165, 1.54) is 22.3 Å². The predicted octanol–water partition coefficient (Wildman–Crippen LogP) is 4.77. The molecular weight excluding hydrogens is 326 g/mol. The van der Waals surface area contributed by atoms with E-state index in [9.17, 15) is 0 Å². The normalized spacial score (nSPS) is 12.2. The molecule has 1 unspecified atom stereocenters. The zero-order valence-corrected chi connectivity index (χ0v) is 14.6. The minimum Gasteiger partial charge on any atom is -0.497 e. The lowest BCUT2D eigenvalue weighted by Crippen LogP contribution is -2.23. The van der Waals surface area contributed by atoms with E-state index < -0.39 is 0 Å². The summed E-state index contributed by atoms with van der Waals surface area (Å²) < 4.78 is 6.35. The summed E-state index contributed by atoms with van der Waals surface area (Å²) in [4.78, 5) is 0. The Morgan fingerprint density at radius 2 is 1.81 bits per heavy atom. The summed E-state index contributed by atoms with van der Waals surface area (Å²) >= 11 is 3.67. The fourth-order valence-corrected chi connectivity index (χ4v) is 3.20. The summed E-state index contributed by atoms with van der Waals surface area (Å²) in [5.41, 5.74) is 5.14. The number of hydrogen-bond acceptors (Lipinski definition) is 2. The molecular formula is C18H22BrNO. The molecule has 0 aliphatic carbocycles. The first-order chi connectivity index (χ1) is 10.1. The van der Waals surface area contributed by atoms with Crippen molar-refractivity contribution in [2.45, 2.75) is 26.8 Å². The van der Waals surface area contributed by atoms with Crippen molar-refractivity contribution in [3.8, 4) is 5.75 Å². The second-order valence-electron chi connectivity index (χ2n) is 5.24. The quantitative estimate of drug-likeness (QED) is 0.840. The summed E-state index contributed by atoms with van der Waals surface area (Å²) in [6, 6.07) is 12.9. The van der Waals surface area contributed by atoms with Crippen LogP contribution in [0.2, 0.25) is 0 Å². The van der Waals surface area contributed by atoms with E-state index in [2.05, 4.69) is 66.3 Å². The molecule has 0 saturated heterocycles. The van der Waals surface area contributed by atoms with Gasteiger partial charge in [-0.05, 0) is 49.2 Å². The highest BCUT2D eigenvalue weighted by Gasteiger charge is 2.18. The van der Waals surface area contributed by atoms with Crippen LogP contribution in [0, 0.1) is 13.8 Å². The molecule has 0 radical (unpaired) electrons. The van der Waals surface area contributed by atoms with Gasteiger partial charge in [0.05, 0.1) is 13.2 Å². The molecule has 0 bridgehead atoms. The van der Waals surface area contributed by atoms with Crippen molar-refractivity contribution in [3.05, 3.63) is 63.1 Å². The summed E-state index contributed by atoms with van der Waals surface area (Å²) in [7, 11) is 1.69. The first kappa shape index (κ1) is 16.1. The minimum absolute atomic E-state index is 0.177. The van der Waals surface area contributed by atoms with Crippen molar-refractivity contribution in [1.82, 2.24) is 5.32 Å². The fraction of sp³-hybridized carbons (Fsp3) is 0.333. The van der Waals surface area contributed by atoms with E-state index in [0.29, 0.717) is 0 Å². The summed E-state index contributed by atoms with van der Waals surface area (Å²) in [6.07, 6.45) is 0. The van der Waals surface area contributed by atoms with Gasteiger partial charge in [0.25, 0.3) is 0 Å². The predicted molar refractivity (Wildman–Crippen MR) is 92.1 cm³/mol. The summed E-state index contributed by atoms with van der Waals surface area (Å²) in [5, 5.41) is 3.58. The highest BCUT2D eigenvalue weighted by molar-refractivity contribution is 9.10. The second kappa shape index (κ2) is 7.10. The molecule has 0 heterocycles. The highest BCUT2D eigenvalue weighted by atomic mass is 79.9. The van der Waals surface area contributed by atoms with Gasteiger partial charge in [-0.2, -0.15) is 0 Å². The van der Waals surface area contributed by atoms with Crippen molar-refractivity contribution in [2.75, 3.05) is 13.7 Å². The molecule has 1 atom stereocenters. The molecule has 112 valence electrons. The van der Waals surface area contributed by atoms with Crippen LogP contribution in [0.3, 0.4) is 0 Å². The third-order valence-corrected chi connectivity index (χ3v) is 4.35. The maximum Gasteiger partial charge on any atom is 0.120 e. The van der Waals surface area contributed by atoms with Crippen LogP contribution in [0.15, 0.2) is 40.9 Å². The van der Waals surface area contributed by atoms with Crippen LogP contribution in [0.4, 0.5) is 0 Å². The van der Waals surface area contributed by atoms with Gasteiger partial charge in [0.2, 0.25) is 0 Å². The third-order valence-electron chi connectivity index (χ3n) is 3.66. The average Bonchev–Trinajstić information content (AvgIpc) is 2.46. The Balaban J connectivity index is 2.48. The highest BCUT2D eigenvalue weighted by Crippen LogP contribution is 2.33. The Bertz CT molecular complexity index is 625. The molecule has 2 aromatic carbocycles. The first-order valence-electron chi connectivity index (χ1n) is 7.20. The topological polar surface area (TPSA) is 21.3 Å². The first-order valence-corrected chi connectivity index (χ1v) is 8.00. The molecule has 0 aliphatic rings. The van der Waals surface area contributed by atoms with E-state index in [1.54, 1.807) is 7.11 Å². The lowest BCUT2D eigenvalue weighted by Gasteiger charge is -2.23. The van der Waals surface area contributed by atoms with Crippen LogP contribution in [0.5, 0.6) is 5.75 Å². The van der Waals surface area contributed by atoms with E-state index in [4.69, 9.17) is 4.74 Å². The smallest absolute Gasteiger partial charge is 0.120 e. The third kappa shape index (κ3) is 3.66. The lowest BCUT2D eigenvalue weighted by atomic mass is 9.93. The van der Waals surface area contributed by atoms with Gasteiger partial charge in [0, 0.05) is 4.47 Å². The van der Waals surface area contributed by atoms with Gasteiger partial charge in [-0.3, -0.25) is 0 Å². The number of benzene rings is 2. The van der Waals surface area contributed by atoms with Crippen LogP contribution >= 0.6 is 15.9 Å². The molecule has 0 aromatic heterocycles. The Morgan fingerprint density at radius 1 is 1.10 bits per heavy atom. The van der Waals surface area contributed by atoms with Gasteiger partial charge in [0.1, 0.15) is 5.75 Å². The molecule has 0 fully saturated rings. The molecule has 0 aliphatic heterocycles. The van der Waals surface area contributed by atoms with Crippen molar-refractivity contribution < 1.29 is 4.74 Å². The van der Waals surface area contributed by atoms with Crippen LogP contribution in [-0.2, 0) is 0 Å². The molecule has 1 N–H and O–H groups in total. The number of halogens is 1. The molecule has 2 nitrogen and oxygen atoms in total. The number of ether oxygens (including phenoxy) is 1. The minimum atomic E-state index is 0.177. The van der Waals surface area contributed by atoms with Crippen LogP contribution in [0.1, 0.15) is 35.2 Å². The van der Waals surface area contributed by atoms with Crippen molar-refractivity contribution >= 4 is 15.9 Å². The maximum atomic E-state index is 5.28. The number of aryl methyl sites for hydroxylation is 2. The number of hydrogen-bond donors (Lipinski definition) is 1. The van der Waals surface area contributed by atoms with Gasteiger partial charge < -0.3 is 10.1 Å². The molecule has 3 heteroatoms. The molecule has 2 aromatic rings. The Morgan fingerprint density at radius 3 is 2.38 bits per heavy atom. The molecule has 2 rings (SSSR count). The van der Waals surface area contributed by atoms with Gasteiger partial charge in [-0.25, -0.2) is 0 Å². The number of rotatable bonds is 5. The van der Waals surface area contributed by atoms with E-state index in [0.717, 1.165) is 16.8 Å². The molecule has 21 heavy (non-hydrogen) atoms. The van der Waals surface area contributed by atoms with Gasteiger partial charge in [-0.1, -0.05) is 52.7 Å². The maximum absolute atomic E-state index is 5.28. The SMILES string of the molecule is CCNC(c1ccc(C)cc1C)c1ccc(OC)cc1Br. The van der Waals surface area contributed by atoms with Gasteiger partial charge in [-0.15, -0.1) is 0 Å². The number of nitrogens with one attached hydrogen (secondary N) is 1. The summed E-state index contributed by atoms with van der Waals surface area (Å²) in [5.74, 6) is 0.863. The monoisotopic (exact) mass is 347 g/mol. The second-order valence-corrected chi connectivity index (χ2v) is 6.09. The largest absolute Gasteiger partial charge is 0.497 e. The molecule has 0 spiro atoms. The van der Waals surface area contributed by atoms with Gasteiger partial charge in [0.15, 0.2) is 0 Å². The molecule has 0 saturated carbocycles. The lowest BCUT2D eigenvalue weighted by molar-refractivity contribution is 0.414. The van der Waals surface area contributed by atoms with Crippen LogP contribution in [0.25, 0.3) is 0 Å². The van der Waals surface area contributed by atoms with Crippen LogP contribution in [-0.4, -0.2) is 13.7 Å². The molecule has 0 amide bonds. The zero-order valence-electron chi connectivity index (χ0n) is 13.0. The van der Waals surface area contributed by atoms with E-state index in [-0.39, 0.29) is 6.04 Å². The van der Waals surface area contributed by atoms with Crippen molar-refractivity contribution in [3.63, 3.8) is 0 Å². The average molecular weight is 348 g/mol.